The molecule has 0 radical (unpaired) electrons. The highest BCUT2D eigenvalue weighted by Crippen LogP contribution is 2.23. The Hall–Kier alpha value is -1.85. The Morgan fingerprint density at radius 3 is 1.46 bits per heavy atom. The Kier molecular flexibility index (Phi) is 39.5. The molecule has 1 aliphatic heterocycles. The summed E-state index contributed by atoms with van der Waals surface area (Å²) in [6, 6.07) is -0.800. The topological polar surface area (TPSA) is 149 Å². The molecule has 1 fully saturated rings. The number of amides is 1. The van der Waals surface area contributed by atoms with Crippen LogP contribution in [0.15, 0.2) is 48.6 Å². The van der Waals surface area contributed by atoms with Gasteiger partial charge in [0, 0.05) is 6.42 Å². The Morgan fingerprint density at radius 2 is 0.967 bits per heavy atom. The second-order valence-electron chi connectivity index (χ2n) is 17.6. The van der Waals surface area contributed by atoms with Crippen molar-refractivity contribution in [1.29, 1.82) is 0 Å². The largest absolute Gasteiger partial charge is 0.394 e. The van der Waals surface area contributed by atoms with E-state index in [-0.39, 0.29) is 12.5 Å². The molecule has 61 heavy (non-hydrogen) atoms. The van der Waals surface area contributed by atoms with Crippen LogP contribution in [0.3, 0.4) is 0 Å². The first-order valence-electron chi connectivity index (χ1n) is 25.4. The fourth-order valence-corrected chi connectivity index (χ4v) is 7.81. The van der Waals surface area contributed by atoms with Crippen LogP contribution in [0.25, 0.3) is 0 Å². The highest BCUT2D eigenvalue weighted by molar-refractivity contribution is 5.76. The van der Waals surface area contributed by atoms with E-state index in [2.05, 4.69) is 55.6 Å². The predicted molar refractivity (Wildman–Crippen MR) is 253 cm³/mol. The van der Waals surface area contributed by atoms with Crippen molar-refractivity contribution in [2.45, 2.75) is 262 Å². The molecule has 1 aliphatic rings. The van der Waals surface area contributed by atoms with Crippen molar-refractivity contribution in [3.63, 3.8) is 0 Å². The molecule has 1 rings (SSSR count). The molecule has 0 saturated carbocycles. The van der Waals surface area contributed by atoms with Crippen molar-refractivity contribution in [3.8, 4) is 0 Å². The van der Waals surface area contributed by atoms with E-state index in [4.69, 9.17) is 9.47 Å². The zero-order chi connectivity index (χ0) is 44.4. The average Bonchev–Trinajstić information content (AvgIpc) is 3.26. The number of aliphatic hydroxyl groups excluding tert-OH is 5. The van der Waals surface area contributed by atoms with E-state index in [9.17, 15) is 30.3 Å². The third kappa shape index (κ3) is 32.5. The summed E-state index contributed by atoms with van der Waals surface area (Å²) in [4.78, 5) is 12.9. The fraction of sp³-hybridized carbons (Fsp3) is 0.827. The van der Waals surface area contributed by atoms with E-state index in [0.29, 0.717) is 6.42 Å². The molecule has 7 atom stereocenters. The van der Waals surface area contributed by atoms with Crippen LogP contribution in [0.5, 0.6) is 0 Å². The predicted octanol–water partition coefficient (Wildman–Crippen LogP) is 11.4. The lowest BCUT2D eigenvalue weighted by Crippen LogP contribution is -2.60. The van der Waals surface area contributed by atoms with Gasteiger partial charge in [-0.3, -0.25) is 4.79 Å². The summed E-state index contributed by atoms with van der Waals surface area (Å²) < 4.78 is 11.1. The standard InChI is InChI=1S/C52H95NO8/c1-3-5-7-9-10-11-12-13-14-15-16-17-18-19-20-21-22-23-24-25-26-27-28-29-30-31-32-33-34-35-36-38-40-42-48(56)53-45(46(55)41-39-37-8-6-4-2)44-60-52-51(59)50(58)49(57)47(43-54)61-52/h12-13,15-16,18-19,39,41,45-47,49-52,54-55,57-59H,3-11,14,17,20-38,40,42-44H2,1-2H3,(H,53,56)/b13-12-,16-15-,19-18-,41-39+. The average molecular weight is 862 g/mol. The van der Waals surface area contributed by atoms with Crippen LogP contribution in [0.4, 0.5) is 0 Å². The minimum atomic E-state index is -1.56. The van der Waals surface area contributed by atoms with E-state index in [1.165, 1.54) is 141 Å². The number of aliphatic hydroxyl groups is 5. The van der Waals surface area contributed by atoms with Crippen molar-refractivity contribution >= 4 is 5.91 Å². The van der Waals surface area contributed by atoms with Crippen LogP contribution in [-0.4, -0.2) is 87.5 Å². The molecule has 7 unspecified atom stereocenters. The van der Waals surface area contributed by atoms with Gasteiger partial charge in [0.25, 0.3) is 0 Å². The smallest absolute Gasteiger partial charge is 0.220 e. The molecule has 9 heteroatoms. The molecule has 0 aromatic rings. The van der Waals surface area contributed by atoms with Gasteiger partial charge >= 0.3 is 0 Å². The molecule has 356 valence electrons. The third-order valence-corrected chi connectivity index (χ3v) is 11.9. The van der Waals surface area contributed by atoms with E-state index >= 15 is 0 Å². The van der Waals surface area contributed by atoms with E-state index in [1.54, 1.807) is 6.08 Å². The van der Waals surface area contributed by atoms with Gasteiger partial charge in [0.15, 0.2) is 6.29 Å². The number of hydrogen-bond donors (Lipinski definition) is 6. The summed E-state index contributed by atoms with van der Waals surface area (Å²) in [5, 5.41) is 53.7. The molecule has 0 bridgehead atoms. The van der Waals surface area contributed by atoms with Crippen LogP contribution < -0.4 is 5.32 Å². The lowest BCUT2D eigenvalue weighted by molar-refractivity contribution is -0.302. The van der Waals surface area contributed by atoms with Gasteiger partial charge in [-0.1, -0.05) is 204 Å². The molecule has 0 aromatic carbocycles. The van der Waals surface area contributed by atoms with E-state index in [0.717, 1.165) is 57.8 Å². The normalized spacial score (nSPS) is 20.8. The van der Waals surface area contributed by atoms with Crippen molar-refractivity contribution in [2.24, 2.45) is 0 Å². The Morgan fingerprint density at radius 1 is 0.557 bits per heavy atom. The molecule has 6 N–H and O–H groups in total. The molecule has 0 aliphatic carbocycles. The van der Waals surface area contributed by atoms with Crippen LogP contribution in [0.1, 0.15) is 219 Å². The summed E-state index contributed by atoms with van der Waals surface area (Å²) in [7, 11) is 0. The second kappa shape index (κ2) is 42.1. The number of ether oxygens (including phenoxy) is 2. The summed E-state index contributed by atoms with van der Waals surface area (Å²) in [5.41, 5.74) is 0. The zero-order valence-electron chi connectivity index (χ0n) is 39.2. The maximum absolute atomic E-state index is 12.9. The maximum atomic E-state index is 12.9. The first kappa shape index (κ1) is 57.2. The van der Waals surface area contributed by atoms with Gasteiger partial charge in [-0.2, -0.15) is 0 Å². The Labute approximate surface area is 373 Å². The minimum Gasteiger partial charge on any atom is -0.394 e. The summed E-state index contributed by atoms with van der Waals surface area (Å²) in [5.74, 6) is -0.184. The van der Waals surface area contributed by atoms with Gasteiger partial charge in [0.1, 0.15) is 24.4 Å². The Balaban J connectivity index is 2.02. The van der Waals surface area contributed by atoms with Crippen molar-refractivity contribution in [3.05, 3.63) is 48.6 Å². The SMILES string of the molecule is CCCCC/C=C/C(O)C(COC1OC(CO)C(O)C(O)C1O)NC(=O)CCCCCCCCCCCCCCCCCCCC/C=C\C/C=C\C/C=C\CCCCCCC. The molecule has 1 amide bonds. The van der Waals surface area contributed by atoms with Gasteiger partial charge in [-0.25, -0.2) is 0 Å². The van der Waals surface area contributed by atoms with Gasteiger partial charge in [0.2, 0.25) is 5.91 Å². The molecule has 9 nitrogen and oxygen atoms in total. The monoisotopic (exact) mass is 862 g/mol. The quantitative estimate of drug-likeness (QED) is 0.0262. The first-order chi connectivity index (χ1) is 29.8. The number of carbonyl (C=O) groups excluding carboxylic acids is 1. The number of rotatable bonds is 42. The number of hydrogen-bond acceptors (Lipinski definition) is 8. The molecule has 1 heterocycles. The summed E-state index contributed by atoms with van der Waals surface area (Å²) in [6.07, 6.45) is 48.1. The fourth-order valence-electron chi connectivity index (χ4n) is 7.81. The number of unbranched alkanes of at least 4 members (excludes halogenated alkanes) is 26. The van der Waals surface area contributed by atoms with Crippen LogP contribution >= 0.6 is 0 Å². The lowest BCUT2D eigenvalue weighted by atomic mass is 9.99. The second-order valence-corrected chi connectivity index (χ2v) is 17.6. The molecular weight excluding hydrogens is 767 g/mol. The molecule has 0 spiro atoms. The Bertz CT molecular complexity index is 1090. The molecule has 1 saturated heterocycles. The van der Waals surface area contributed by atoms with Crippen LogP contribution in [0, 0.1) is 0 Å². The zero-order valence-corrected chi connectivity index (χ0v) is 39.2. The number of allylic oxidation sites excluding steroid dienone is 7. The first-order valence-corrected chi connectivity index (χ1v) is 25.4. The maximum Gasteiger partial charge on any atom is 0.220 e. The summed E-state index contributed by atoms with van der Waals surface area (Å²) >= 11 is 0. The van der Waals surface area contributed by atoms with Crippen LogP contribution in [0.2, 0.25) is 0 Å². The highest BCUT2D eigenvalue weighted by atomic mass is 16.7. The van der Waals surface area contributed by atoms with Crippen molar-refractivity contribution in [2.75, 3.05) is 13.2 Å². The highest BCUT2D eigenvalue weighted by Gasteiger charge is 2.44. The summed E-state index contributed by atoms with van der Waals surface area (Å²) in [6.45, 7) is 3.65. The molecule has 0 aromatic heterocycles. The van der Waals surface area contributed by atoms with E-state index < -0.39 is 49.5 Å². The van der Waals surface area contributed by atoms with Gasteiger partial charge in [-0.15, -0.1) is 0 Å². The van der Waals surface area contributed by atoms with Gasteiger partial charge in [0.05, 0.1) is 25.4 Å². The van der Waals surface area contributed by atoms with E-state index in [1.807, 2.05) is 6.08 Å². The lowest BCUT2D eigenvalue weighted by Gasteiger charge is -2.40. The molecular formula is C52H95NO8. The van der Waals surface area contributed by atoms with Crippen molar-refractivity contribution in [1.82, 2.24) is 5.32 Å². The van der Waals surface area contributed by atoms with Crippen molar-refractivity contribution < 1.29 is 39.8 Å². The van der Waals surface area contributed by atoms with Gasteiger partial charge < -0.3 is 40.3 Å². The van der Waals surface area contributed by atoms with Gasteiger partial charge in [-0.05, 0) is 57.8 Å². The third-order valence-electron chi connectivity index (χ3n) is 11.9. The number of nitrogens with one attached hydrogen (secondary N) is 1. The van der Waals surface area contributed by atoms with Crippen LogP contribution in [-0.2, 0) is 14.3 Å². The minimum absolute atomic E-state index is 0.184. The number of carbonyl (C=O) groups is 1.